The second kappa shape index (κ2) is 6.60. The molecule has 3 heterocycles. The Labute approximate surface area is 162 Å². The standard InChI is InChI=1S/C23H21NO4/c1-14-8-10-15(11-9-14)20-19-21(25)17-6-2-3-7-18(17)28-22(19)23(26)24(20)13-16-5-4-12-27-16/h2-3,6-11,16,20H,4-5,12-13H2,1H3/t16-,20-/m0/s1. The van der Waals surface area contributed by atoms with E-state index in [2.05, 4.69) is 0 Å². The number of nitrogens with zero attached hydrogens (tertiary/aromatic N) is 1. The van der Waals surface area contributed by atoms with Crippen LogP contribution in [0.2, 0.25) is 0 Å². The molecule has 2 aromatic carbocycles. The van der Waals surface area contributed by atoms with Crippen LogP contribution in [0.4, 0.5) is 0 Å². The molecule has 2 aliphatic heterocycles. The topological polar surface area (TPSA) is 59.8 Å². The third kappa shape index (κ3) is 2.66. The molecule has 0 bridgehead atoms. The zero-order valence-corrected chi connectivity index (χ0v) is 15.7. The Morgan fingerprint density at radius 2 is 1.86 bits per heavy atom. The molecule has 0 saturated carbocycles. The van der Waals surface area contributed by atoms with Crippen molar-refractivity contribution >= 4 is 16.9 Å². The summed E-state index contributed by atoms with van der Waals surface area (Å²) in [7, 11) is 0. The first-order chi connectivity index (χ1) is 13.6. The highest BCUT2D eigenvalue weighted by molar-refractivity contribution is 5.99. The van der Waals surface area contributed by atoms with Crippen molar-refractivity contribution in [3.63, 3.8) is 0 Å². The predicted molar refractivity (Wildman–Crippen MR) is 106 cm³/mol. The average Bonchev–Trinajstić information content (AvgIpc) is 3.31. The van der Waals surface area contributed by atoms with Crippen LogP contribution in [0.15, 0.2) is 57.7 Å². The summed E-state index contributed by atoms with van der Waals surface area (Å²) in [5, 5.41) is 0.505. The largest absolute Gasteiger partial charge is 0.450 e. The van der Waals surface area contributed by atoms with Gasteiger partial charge >= 0.3 is 0 Å². The molecule has 3 aromatic rings. The summed E-state index contributed by atoms with van der Waals surface area (Å²) in [6.45, 7) is 3.19. The molecule has 2 aliphatic rings. The van der Waals surface area contributed by atoms with E-state index in [1.54, 1.807) is 23.1 Å². The molecule has 2 atom stereocenters. The number of rotatable bonds is 3. The molecule has 5 rings (SSSR count). The molecule has 28 heavy (non-hydrogen) atoms. The molecular weight excluding hydrogens is 354 g/mol. The highest BCUT2D eigenvalue weighted by Crippen LogP contribution is 2.38. The Bertz CT molecular complexity index is 1110. The summed E-state index contributed by atoms with van der Waals surface area (Å²) in [6, 6.07) is 14.6. The monoisotopic (exact) mass is 375 g/mol. The normalized spacial score (nSPS) is 21.5. The highest BCUT2D eigenvalue weighted by Gasteiger charge is 2.43. The maximum atomic E-state index is 13.3. The number of para-hydroxylation sites is 1. The lowest BCUT2D eigenvalue weighted by molar-refractivity contribution is 0.0486. The van der Waals surface area contributed by atoms with E-state index in [1.165, 1.54) is 0 Å². The van der Waals surface area contributed by atoms with E-state index in [4.69, 9.17) is 9.15 Å². The summed E-state index contributed by atoms with van der Waals surface area (Å²) in [5.41, 5.74) is 2.79. The van der Waals surface area contributed by atoms with Gasteiger partial charge in [0.2, 0.25) is 5.76 Å². The minimum absolute atomic E-state index is 0.00395. The molecule has 1 fully saturated rings. The molecule has 142 valence electrons. The first-order valence-electron chi connectivity index (χ1n) is 9.68. The number of carbonyl (C=O) groups is 1. The quantitative estimate of drug-likeness (QED) is 0.698. The molecule has 1 amide bonds. The fourth-order valence-corrected chi connectivity index (χ4v) is 4.26. The van der Waals surface area contributed by atoms with Crippen LogP contribution in [0.5, 0.6) is 0 Å². The van der Waals surface area contributed by atoms with Gasteiger partial charge < -0.3 is 14.1 Å². The van der Waals surface area contributed by atoms with Gasteiger partial charge in [-0.15, -0.1) is 0 Å². The van der Waals surface area contributed by atoms with E-state index in [0.717, 1.165) is 30.6 Å². The van der Waals surface area contributed by atoms with E-state index >= 15 is 0 Å². The van der Waals surface area contributed by atoms with E-state index < -0.39 is 6.04 Å². The molecule has 0 radical (unpaired) electrons. The molecule has 5 nitrogen and oxygen atoms in total. The molecule has 0 spiro atoms. The Kier molecular flexibility index (Phi) is 4.05. The van der Waals surface area contributed by atoms with Crippen molar-refractivity contribution in [2.45, 2.75) is 31.9 Å². The number of fused-ring (bicyclic) bond motifs is 2. The van der Waals surface area contributed by atoms with Gasteiger partial charge in [-0.25, -0.2) is 0 Å². The van der Waals surface area contributed by atoms with E-state index in [9.17, 15) is 9.59 Å². The minimum atomic E-state index is -0.451. The molecule has 1 saturated heterocycles. The molecule has 0 aliphatic carbocycles. The van der Waals surface area contributed by atoms with Gasteiger partial charge in [0.25, 0.3) is 5.91 Å². The lowest BCUT2D eigenvalue weighted by Gasteiger charge is -2.27. The second-order valence-electron chi connectivity index (χ2n) is 7.58. The number of amides is 1. The van der Waals surface area contributed by atoms with Crippen molar-refractivity contribution in [2.24, 2.45) is 0 Å². The average molecular weight is 375 g/mol. The van der Waals surface area contributed by atoms with Gasteiger partial charge in [0.1, 0.15) is 5.58 Å². The summed E-state index contributed by atoms with van der Waals surface area (Å²) in [4.78, 5) is 28.3. The first kappa shape index (κ1) is 17.2. The van der Waals surface area contributed by atoms with Crippen molar-refractivity contribution in [1.29, 1.82) is 0 Å². The Hall–Kier alpha value is -2.92. The third-order valence-corrected chi connectivity index (χ3v) is 5.69. The summed E-state index contributed by atoms with van der Waals surface area (Å²) in [6.07, 6.45) is 1.91. The van der Waals surface area contributed by atoms with Crippen molar-refractivity contribution in [1.82, 2.24) is 4.90 Å². The van der Waals surface area contributed by atoms with Crippen molar-refractivity contribution in [3.8, 4) is 0 Å². The fraction of sp³-hybridized carbons (Fsp3) is 0.304. The zero-order valence-electron chi connectivity index (χ0n) is 15.7. The van der Waals surface area contributed by atoms with Crippen LogP contribution in [0.25, 0.3) is 11.0 Å². The van der Waals surface area contributed by atoms with Crippen LogP contribution in [-0.4, -0.2) is 30.1 Å². The molecule has 0 N–H and O–H groups in total. The van der Waals surface area contributed by atoms with Crippen LogP contribution in [0.1, 0.15) is 46.1 Å². The van der Waals surface area contributed by atoms with Gasteiger partial charge in [-0.3, -0.25) is 9.59 Å². The van der Waals surface area contributed by atoms with Crippen molar-refractivity contribution < 1.29 is 13.9 Å². The van der Waals surface area contributed by atoms with Crippen molar-refractivity contribution in [3.05, 3.63) is 81.2 Å². The summed E-state index contributed by atoms with van der Waals surface area (Å²) < 4.78 is 11.7. The maximum Gasteiger partial charge on any atom is 0.291 e. The van der Waals surface area contributed by atoms with Crippen LogP contribution in [-0.2, 0) is 4.74 Å². The number of carbonyl (C=O) groups excluding carboxylic acids is 1. The van der Waals surface area contributed by atoms with Gasteiger partial charge in [-0.1, -0.05) is 42.0 Å². The third-order valence-electron chi connectivity index (χ3n) is 5.69. The van der Waals surface area contributed by atoms with Gasteiger partial charge in [-0.05, 0) is 37.5 Å². The molecular formula is C23H21NO4. The Morgan fingerprint density at radius 1 is 1.07 bits per heavy atom. The SMILES string of the molecule is Cc1ccc([C@H]2c3c(oc4ccccc4c3=O)C(=O)N2C[C@@H]2CCCO2)cc1. The van der Waals surface area contributed by atoms with Crippen LogP contribution in [0.3, 0.4) is 0 Å². The maximum absolute atomic E-state index is 13.3. The molecule has 5 heteroatoms. The van der Waals surface area contributed by atoms with E-state index in [1.807, 2.05) is 37.3 Å². The smallest absolute Gasteiger partial charge is 0.291 e. The van der Waals surface area contributed by atoms with Gasteiger partial charge in [0, 0.05) is 13.2 Å². The zero-order chi connectivity index (χ0) is 19.3. The number of hydrogen-bond donors (Lipinski definition) is 0. The number of ether oxygens (including phenoxy) is 1. The van der Waals surface area contributed by atoms with E-state index in [-0.39, 0.29) is 23.2 Å². The van der Waals surface area contributed by atoms with Gasteiger partial charge in [0.15, 0.2) is 5.43 Å². The lowest BCUT2D eigenvalue weighted by atomic mass is 9.97. The lowest BCUT2D eigenvalue weighted by Crippen LogP contribution is -2.36. The second-order valence-corrected chi connectivity index (χ2v) is 7.58. The minimum Gasteiger partial charge on any atom is -0.450 e. The van der Waals surface area contributed by atoms with Crippen molar-refractivity contribution in [2.75, 3.05) is 13.2 Å². The summed E-state index contributed by atoms with van der Waals surface area (Å²) >= 11 is 0. The van der Waals surface area contributed by atoms with Gasteiger partial charge in [0.05, 0.1) is 23.1 Å². The number of benzene rings is 2. The summed E-state index contributed by atoms with van der Waals surface area (Å²) in [5.74, 6) is -0.0776. The van der Waals surface area contributed by atoms with Crippen LogP contribution >= 0.6 is 0 Å². The fourth-order valence-electron chi connectivity index (χ4n) is 4.26. The molecule has 1 aromatic heterocycles. The Morgan fingerprint density at radius 3 is 2.61 bits per heavy atom. The van der Waals surface area contributed by atoms with Gasteiger partial charge in [-0.2, -0.15) is 0 Å². The Balaban J connectivity index is 1.70. The van der Waals surface area contributed by atoms with E-state index in [0.29, 0.717) is 23.1 Å². The van der Waals surface area contributed by atoms with Crippen LogP contribution < -0.4 is 5.43 Å². The molecule has 0 unspecified atom stereocenters. The predicted octanol–water partition coefficient (Wildman–Crippen LogP) is 3.83. The first-order valence-corrected chi connectivity index (χ1v) is 9.68. The number of hydrogen-bond acceptors (Lipinski definition) is 4. The van der Waals surface area contributed by atoms with Crippen LogP contribution in [0, 0.1) is 6.92 Å². The highest BCUT2D eigenvalue weighted by atomic mass is 16.5. The number of aryl methyl sites for hydroxylation is 1.